The first-order valence-electron chi connectivity index (χ1n) is 16.7. The second-order valence-corrected chi connectivity index (χ2v) is 14.2. The molecule has 1 aliphatic carbocycles. The number of ketones is 2. The number of rotatable bonds is 5. The summed E-state index contributed by atoms with van der Waals surface area (Å²) in [5, 5.41) is 21.0. The fourth-order valence-corrected chi connectivity index (χ4v) is 5.95. The van der Waals surface area contributed by atoms with E-state index >= 15 is 0 Å². The second kappa shape index (κ2) is 17.0. The Morgan fingerprint density at radius 2 is 1.78 bits per heavy atom. The molecule has 0 spiro atoms. The van der Waals surface area contributed by atoms with E-state index in [0.717, 1.165) is 6.08 Å². The summed E-state index contributed by atoms with van der Waals surface area (Å²) in [6.45, 7) is 12.7. The second-order valence-electron chi connectivity index (χ2n) is 14.2. The zero-order valence-corrected chi connectivity index (χ0v) is 31.0. The minimum atomic E-state index is -1.04. The van der Waals surface area contributed by atoms with Gasteiger partial charge in [-0.25, -0.2) is 4.79 Å². The number of aromatic nitrogens is 2. The van der Waals surface area contributed by atoms with E-state index < -0.39 is 59.8 Å². The third kappa shape index (κ3) is 10.2. The zero-order chi connectivity index (χ0) is 38.4. The van der Waals surface area contributed by atoms with Crippen LogP contribution in [0, 0.1) is 11.8 Å². The molecular weight excluding hydrogens is 658 g/mol. The van der Waals surface area contributed by atoms with Crippen molar-refractivity contribution >= 4 is 29.5 Å². The molecule has 0 radical (unpaired) electrons. The fourth-order valence-electron chi connectivity index (χ4n) is 5.95. The molecule has 51 heavy (non-hydrogen) atoms. The van der Waals surface area contributed by atoms with Crippen LogP contribution in [0.25, 0.3) is 0 Å². The molecule has 6 atom stereocenters. The number of fused-ring (bicyclic) bond motifs is 2. The molecule has 14 heteroatoms. The molecule has 0 unspecified atom stereocenters. The van der Waals surface area contributed by atoms with Gasteiger partial charge in [0.1, 0.15) is 11.8 Å². The number of hydrogen-bond donors (Lipinski definition) is 4. The summed E-state index contributed by atoms with van der Waals surface area (Å²) in [6.07, 6.45) is 2.95. The van der Waals surface area contributed by atoms with Crippen LogP contribution in [0.15, 0.2) is 64.6 Å². The lowest BCUT2D eigenvalue weighted by atomic mass is 9.85. The summed E-state index contributed by atoms with van der Waals surface area (Å²) < 4.78 is 18.1. The molecule has 2 heterocycles. The Morgan fingerprint density at radius 1 is 1.12 bits per heavy atom. The Balaban J connectivity index is 2.11. The summed E-state index contributed by atoms with van der Waals surface area (Å²) in [6, 6.07) is 1.63. The highest BCUT2D eigenvalue weighted by molar-refractivity contribution is 6.24. The van der Waals surface area contributed by atoms with Crippen molar-refractivity contribution in [2.24, 2.45) is 24.6 Å². The smallest absolute Gasteiger partial charge is 0.405 e. The van der Waals surface area contributed by atoms with Crippen molar-refractivity contribution in [3.63, 3.8) is 0 Å². The normalized spacial score (nSPS) is 28.5. The van der Waals surface area contributed by atoms with Crippen LogP contribution in [-0.4, -0.2) is 83.0 Å². The van der Waals surface area contributed by atoms with Crippen LogP contribution in [0.5, 0.6) is 0 Å². The van der Waals surface area contributed by atoms with Gasteiger partial charge in [0.15, 0.2) is 6.10 Å². The molecule has 0 aromatic carbocycles. The highest BCUT2D eigenvalue weighted by Crippen LogP contribution is 2.29. The highest BCUT2D eigenvalue weighted by Gasteiger charge is 2.35. The van der Waals surface area contributed by atoms with Crippen LogP contribution in [0.1, 0.15) is 77.5 Å². The molecule has 3 rings (SSSR count). The van der Waals surface area contributed by atoms with Crippen LogP contribution < -0.4 is 16.4 Å². The number of carbonyl (C=O) groups is 5. The first-order chi connectivity index (χ1) is 23.8. The van der Waals surface area contributed by atoms with Gasteiger partial charge in [0.2, 0.25) is 11.6 Å². The number of methoxy groups -OCH3 is 2. The number of nitrogens with two attached hydrogens (primary N) is 1. The standard InChI is InChI=1S/C37H51N5O9/c1-19-14-23-30(40-35(47)25-18-29(37(5,6)7)41-42(25)8)26(43)17-24(32(23)45)39-34(46)20(2)12-11-13-27(49-9)33(51-36(38)48)22(4)16-21(3)31(44)28(15-19)50-10/h11-13,16-19,21,27-28,31,33,44H,14-15H2,1-10H3,(H2,38,48)(H,39,46)(H,40,47)/b13-11-,20-12+,22-16+/t19-,21+,27+,28+,31-,33-/m1/s1. The van der Waals surface area contributed by atoms with E-state index in [-0.39, 0.29) is 52.4 Å². The van der Waals surface area contributed by atoms with Gasteiger partial charge in [-0.1, -0.05) is 58.9 Å². The van der Waals surface area contributed by atoms with Gasteiger partial charge in [-0.15, -0.1) is 0 Å². The van der Waals surface area contributed by atoms with Crippen molar-refractivity contribution in [2.45, 2.75) is 91.1 Å². The number of nitrogens with one attached hydrogen (secondary N) is 2. The Morgan fingerprint density at radius 3 is 2.35 bits per heavy atom. The number of carbonyl (C=O) groups excluding carboxylic acids is 5. The van der Waals surface area contributed by atoms with E-state index in [1.54, 1.807) is 39.1 Å². The average Bonchev–Trinajstić information content (AvgIpc) is 3.46. The number of nitrogens with zero attached hydrogens (tertiary/aromatic N) is 2. The number of amides is 3. The Bertz CT molecular complexity index is 1690. The van der Waals surface area contributed by atoms with Crippen LogP contribution in [0.4, 0.5) is 4.79 Å². The molecule has 14 nitrogen and oxygen atoms in total. The number of allylic oxidation sites excluding steroid dienone is 4. The summed E-state index contributed by atoms with van der Waals surface area (Å²) in [5.74, 6) is -3.47. The van der Waals surface area contributed by atoms with Gasteiger partial charge in [-0.2, -0.15) is 5.10 Å². The molecule has 2 bridgehead atoms. The van der Waals surface area contributed by atoms with Crippen molar-refractivity contribution in [2.75, 3.05) is 14.2 Å². The van der Waals surface area contributed by atoms with Crippen molar-refractivity contribution in [1.82, 2.24) is 20.4 Å². The van der Waals surface area contributed by atoms with E-state index in [0.29, 0.717) is 11.3 Å². The SMILES string of the molecule is CO[C@H]1/C=C\C=C(/C)C(=O)NC2=CC(=O)C(NC(=O)c3cc(C(C)(C)C)nn3C)=C(C[C@@H](C)C[C@H](OC)[C@H](O)[C@@H](C)/C=C(\C)[C@H]1OC(N)=O)C2=O. The molecule has 5 N–H and O–H groups in total. The quantitative estimate of drug-likeness (QED) is 0.260. The molecule has 2 aliphatic rings. The number of aliphatic hydroxyl groups excluding tert-OH is 1. The lowest BCUT2D eigenvalue weighted by Gasteiger charge is -2.30. The summed E-state index contributed by atoms with van der Waals surface area (Å²) >= 11 is 0. The molecular formula is C37H51N5O9. The van der Waals surface area contributed by atoms with E-state index in [9.17, 15) is 29.1 Å². The van der Waals surface area contributed by atoms with Crippen LogP contribution in [0.3, 0.4) is 0 Å². The molecule has 1 aliphatic heterocycles. The van der Waals surface area contributed by atoms with Gasteiger partial charge in [-0.05, 0) is 44.2 Å². The third-order valence-electron chi connectivity index (χ3n) is 8.91. The molecule has 278 valence electrons. The number of hydrogen-bond acceptors (Lipinski definition) is 10. The Labute approximate surface area is 298 Å². The van der Waals surface area contributed by atoms with E-state index in [1.807, 2.05) is 27.7 Å². The molecule has 0 saturated heterocycles. The van der Waals surface area contributed by atoms with E-state index in [1.165, 1.54) is 38.0 Å². The summed E-state index contributed by atoms with van der Waals surface area (Å²) in [5.41, 5.74) is 6.16. The number of Topliss-reactive ketones (excluding diaryl/α,β-unsaturated/α-hetero) is 1. The van der Waals surface area contributed by atoms with Crippen molar-refractivity contribution in [1.29, 1.82) is 0 Å². The summed E-state index contributed by atoms with van der Waals surface area (Å²) in [7, 11) is 4.48. The third-order valence-corrected chi connectivity index (χ3v) is 8.91. The van der Waals surface area contributed by atoms with Gasteiger partial charge < -0.3 is 35.7 Å². The number of aliphatic hydroxyl groups is 1. The summed E-state index contributed by atoms with van der Waals surface area (Å²) in [4.78, 5) is 66.2. The van der Waals surface area contributed by atoms with Crippen LogP contribution in [0.2, 0.25) is 0 Å². The van der Waals surface area contributed by atoms with Gasteiger partial charge in [-0.3, -0.25) is 23.9 Å². The largest absolute Gasteiger partial charge is 0.439 e. The predicted molar refractivity (Wildman–Crippen MR) is 189 cm³/mol. The van der Waals surface area contributed by atoms with E-state index in [2.05, 4.69) is 15.7 Å². The van der Waals surface area contributed by atoms with Gasteiger partial charge >= 0.3 is 6.09 Å². The monoisotopic (exact) mass is 709 g/mol. The number of primary amides is 1. The van der Waals surface area contributed by atoms with Crippen molar-refractivity contribution in [3.8, 4) is 0 Å². The minimum absolute atomic E-state index is 0.00109. The number of aryl methyl sites for hydroxylation is 1. The average molecular weight is 710 g/mol. The maximum atomic E-state index is 14.0. The van der Waals surface area contributed by atoms with Gasteiger partial charge in [0.05, 0.1) is 29.3 Å². The lowest BCUT2D eigenvalue weighted by molar-refractivity contribution is -0.120. The predicted octanol–water partition coefficient (Wildman–Crippen LogP) is 3.22. The van der Waals surface area contributed by atoms with Crippen LogP contribution >= 0.6 is 0 Å². The fraction of sp³-hybridized carbons (Fsp3) is 0.514. The van der Waals surface area contributed by atoms with Gasteiger partial charge in [0.25, 0.3) is 11.8 Å². The minimum Gasteiger partial charge on any atom is -0.439 e. The Kier molecular flexibility index (Phi) is 13.6. The maximum absolute atomic E-state index is 14.0. The molecule has 1 aromatic rings. The van der Waals surface area contributed by atoms with Crippen LogP contribution in [-0.2, 0) is 41.1 Å². The van der Waals surface area contributed by atoms with Crippen molar-refractivity contribution in [3.05, 3.63) is 75.9 Å². The molecule has 1 aromatic heterocycles. The first-order valence-corrected chi connectivity index (χ1v) is 16.7. The lowest BCUT2D eigenvalue weighted by Crippen LogP contribution is -2.39. The molecule has 0 fully saturated rings. The van der Waals surface area contributed by atoms with Gasteiger partial charge in [0, 0.05) is 49.8 Å². The first kappa shape index (κ1) is 40.8. The van der Waals surface area contributed by atoms with E-state index in [4.69, 9.17) is 19.9 Å². The zero-order valence-electron chi connectivity index (χ0n) is 31.0. The maximum Gasteiger partial charge on any atom is 0.405 e. The molecule has 0 saturated carbocycles. The highest BCUT2D eigenvalue weighted by atomic mass is 16.6. The molecule has 3 amide bonds. The Hall–Kier alpha value is -4.66. The number of ether oxygens (including phenoxy) is 3. The van der Waals surface area contributed by atoms with Crippen molar-refractivity contribution < 1.29 is 43.3 Å². The topological polar surface area (TPSA) is 201 Å².